The Morgan fingerprint density at radius 1 is 1.29 bits per heavy atom. The second kappa shape index (κ2) is 7.43. The highest BCUT2D eigenvalue weighted by Crippen LogP contribution is 2.36. The van der Waals surface area contributed by atoms with Gasteiger partial charge in [-0.3, -0.25) is 9.48 Å². The molecule has 2 aromatic heterocycles. The second-order valence-electron chi connectivity index (χ2n) is 7.01. The first-order chi connectivity index (χ1) is 13.4. The molecule has 146 valence electrons. The molecule has 0 N–H and O–H groups in total. The van der Waals surface area contributed by atoms with E-state index in [0.29, 0.717) is 29.1 Å². The Bertz CT molecular complexity index is 1030. The molecule has 1 saturated heterocycles. The van der Waals surface area contributed by atoms with Crippen molar-refractivity contribution in [1.29, 1.82) is 0 Å². The van der Waals surface area contributed by atoms with E-state index in [1.807, 2.05) is 13.2 Å². The molecule has 1 unspecified atom stereocenters. The minimum absolute atomic E-state index is 0.154. The molecule has 0 radical (unpaired) electrons. The number of piperidine rings is 1. The van der Waals surface area contributed by atoms with Crippen LogP contribution in [0.1, 0.15) is 46.2 Å². The van der Waals surface area contributed by atoms with Gasteiger partial charge in [0.2, 0.25) is 0 Å². The molecule has 0 bridgehead atoms. The van der Waals surface area contributed by atoms with Crippen molar-refractivity contribution in [2.45, 2.75) is 32.2 Å². The molecule has 8 heteroatoms. The summed E-state index contributed by atoms with van der Waals surface area (Å²) in [6, 6.07) is 3.17. The number of rotatable bonds is 3. The quantitative estimate of drug-likeness (QED) is 0.648. The minimum Gasteiger partial charge on any atom is -0.331 e. The number of thiazole rings is 1. The highest BCUT2D eigenvalue weighted by Gasteiger charge is 2.32. The minimum atomic E-state index is -0.616. The van der Waals surface area contributed by atoms with E-state index in [9.17, 15) is 13.6 Å². The molecule has 4 rings (SSSR count). The van der Waals surface area contributed by atoms with Gasteiger partial charge >= 0.3 is 0 Å². The summed E-state index contributed by atoms with van der Waals surface area (Å²) in [5, 5.41) is 4.88. The van der Waals surface area contributed by atoms with Gasteiger partial charge in [-0.1, -0.05) is 6.07 Å². The molecule has 0 saturated carbocycles. The van der Waals surface area contributed by atoms with Gasteiger partial charge in [0.25, 0.3) is 5.91 Å². The van der Waals surface area contributed by atoms with Crippen LogP contribution in [0.2, 0.25) is 0 Å². The van der Waals surface area contributed by atoms with Crippen molar-refractivity contribution in [1.82, 2.24) is 19.7 Å². The molecule has 3 aromatic rings. The largest absolute Gasteiger partial charge is 0.331 e. The monoisotopic (exact) mass is 402 g/mol. The first kappa shape index (κ1) is 18.7. The van der Waals surface area contributed by atoms with Gasteiger partial charge in [-0.15, -0.1) is 11.3 Å². The average molecular weight is 402 g/mol. The predicted molar refractivity (Wildman–Crippen MR) is 103 cm³/mol. The van der Waals surface area contributed by atoms with E-state index >= 15 is 0 Å². The van der Waals surface area contributed by atoms with E-state index in [-0.39, 0.29) is 5.91 Å². The van der Waals surface area contributed by atoms with Crippen LogP contribution in [0.4, 0.5) is 8.78 Å². The number of carbonyl (C=O) groups excluding carboxylic acids is 1. The molecule has 1 atom stereocenters. The van der Waals surface area contributed by atoms with Gasteiger partial charge < -0.3 is 4.90 Å². The van der Waals surface area contributed by atoms with Crippen molar-refractivity contribution in [3.8, 4) is 10.6 Å². The lowest BCUT2D eigenvalue weighted by Gasteiger charge is -2.36. The number of hydrogen-bond donors (Lipinski definition) is 0. The zero-order valence-electron chi connectivity index (χ0n) is 15.7. The maximum atomic E-state index is 14.4. The van der Waals surface area contributed by atoms with Crippen molar-refractivity contribution in [3.05, 3.63) is 58.4 Å². The lowest BCUT2D eigenvalue weighted by molar-refractivity contribution is 0.0611. The van der Waals surface area contributed by atoms with E-state index < -0.39 is 17.7 Å². The maximum Gasteiger partial charge on any atom is 0.266 e. The Hall–Kier alpha value is -2.61. The molecule has 1 aromatic carbocycles. The predicted octanol–water partition coefficient (Wildman–Crippen LogP) is 4.50. The van der Waals surface area contributed by atoms with Crippen LogP contribution >= 0.6 is 11.3 Å². The van der Waals surface area contributed by atoms with Crippen molar-refractivity contribution < 1.29 is 13.6 Å². The van der Waals surface area contributed by atoms with E-state index in [1.54, 1.807) is 22.7 Å². The Labute approximate surface area is 165 Å². The first-order valence-electron chi connectivity index (χ1n) is 9.16. The van der Waals surface area contributed by atoms with Gasteiger partial charge in [-0.2, -0.15) is 5.10 Å². The summed E-state index contributed by atoms with van der Waals surface area (Å²) >= 11 is 1.32. The van der Waals surface area contributed by atoms with Gasteiger partial charge in [0, 0.05) is 37.0 Å². The normalized spacial score (nSPS) is 17.1. The third-order valence-corrected chi connectivity index (χ3v) is 6.22. The molecule has 1 amide bonds. The van der Waals surface area contributed by atoms with Crippen LogP contribution in [0.25, 0.3) is 10.6 Å². The van der Waals surface area contributed by atoms with Gasteiger partial charge in [0.05, 0.1) is 17.9 Å². The molecule has 28 heavy (non-hydrogen) atoms. The van der Waals surface area contributed by atoms with Crippen molar-refractivity contribution in [3.63, 3.8) is 0 Å². The van der Waals surface area contributed by atoms with Crippen LogP contribution in [0.5, 0.6) is 0 Å². The molecule has 3 heterocycles. The van der Waals surface area contributed by atoms with Gasteiger partial charge in [0.15, 0.2) is 0 Å². The fraction of sp³-hybridized carbons (Fsp3) is 0.350. The molecule has 1 aliphatic heterocycles. The Morgan fingerprint density at radius 3 is 2.82 bits per heavy atom. The van der Waals surface area contributed by atoms with Crippen LogP contribution < -0.4 is 0 Å². The highest BCUT2D eigenvalue weighted by molar-refractivity contribution is 7.17. The molecular weight excluding hydrogens is 382 g/mol. The zero-order valence-corrected chi connectivity index (χ0v) is 16.5. The topological polar surface area (TPSA) is 51.0 Å². The zero-order chi connectivity index (χ0) is 19.8. The molecule has 1 fully saturated rings. The van der Waals surface area contributed by atoms with E-state index in [2.05, 4.69) is 10.1 Å². The standard InChI is InChI=1S/C20H20F2N4OS/c1-12-18(28-19(24-12)13-10-23-25(2)11-13)20(27)26-8-4-3-5-17(26)15-7-6-14(21)9-16(15)22/h6-7,9-11,17H,3-5,8H2,1-2H3. The summed E-state index contributed by atoms with van der Waals surface area (Å²) in [7, 11) is 1.82. The number of amides is 1. The lowest BCUT2D eigenvalue weighted by atomic mass is 9.94. The number of aryl methyl sites for hydroxylation is 2. The SMILES string of the molecule is Cc1nc(-c2cnn(C)c2)sc1C(=O)N1CCCCC1c1ccc(F)cc1F. The third-order valence-electron chi connectivity index (χ3n) is 5.03. The molecule has 0 spiro atoms. The summed E-state index contributed by atoms with van der Waals surface area (Å²) in [6.07, 6.45) is 5.97. The number of carbonyl (C=O) groups is 1. The van der Waals surface area contributed by atoms with Gasteiger partial charge in [0.1, 0.15) is 21.5 Å². The summed E-state index contributed by atoms with van der Waals surface area (Å²) in [4.78, 5) is 20.1. The van der Waals surface area contributed by atoms with Crippen LogP contribution in [0.3, 0.4) is 0 Å². The second-order valence-corrected chi connectivity index (χ2v) is 8.01. The molecule has 5 nitrogen and oxygen atoms in total. The summed E-state index contributed by atoms with van der Waals surface area (Å²) in [5.74, 6) is -1.38. The van der Waals surface area contributed by atoms with Crippen LogP contribution in [-0.2, 0) is 7.05 Å². The Morgan fingerprint density at radius 2 is 2.11 bits per heavy atom. The van der Waals surface area contributed by atoms with Crippen LogP contribution in [-0.4, -0.2) is 32.1 Å². The van der Waals surface area contributed by atoms with Crippen molar-refractivity contribution >= 4 is 17.2 Å². The average Bonchev–Trinajstić information content (AvgIpc) is 3.27. The highest BCUT2D eigenvalue weighted by atomic mass is 32.1. The first-order valence-corrected chi connectivity index (χ1v) is 9.98. The van der Waals surface area contributed by atoms with Crippen LogP contribution in [0.15, 0.2) is 30.6 Å². The van der Waals surface area contributed by atoms with Crippen molar-refractivity contribution in [2.75, 3.05) is 6.54 Å². The number of benzene rings is 1. The Kier molecular flexibility index (Phi) is 4.97. The molecular formula is C20H20F2N4OS. The molecule has 1 aliphatic rings. The fourth-order valence-corrected chi connectivity index (χ4v) is 4.65. The van der Waals surface area contributed by atoms with Crippen molar-refractivity contribution in [2.24, 2.45) is 7.05 Å². The summed E-state index contributed by atoms with van der Waals surface area (Å²) in [6.45, 7) is 2.35. The maximum absolute atomic E-state index is 14.4. The van der Waals surface area contributed by atoms with Gasteiger partial charge in [-0.25, -0.2) is 13.8 Å². The number of aromatic nitrogens is 3. The Balaban J connectivity index is 1.66. The summed E-state index contributed by atoms with van der Waals surface area (Å²) in [5.41, 5.74) is 1.87. The number of hydrogen-bond acceptors (Lipinski definition) is 4. The fourth-order valence-electron chi connectivity index (χ4n) is 3.65. The summed E-state index contributed by atoms with van der Waals surface area (Å²) < 4.78 is 29.4. The van der Waals surface area contributed by atoms with Gasteiger partial charge in [-0.05, 0) is 32.3 Å². The third kappa shape index (κ3) is 3.44. The van der Waals surface area contributed by atoms with Crippen LogP contribution in [0, 0.1) is 18.6 Å². The molecule has 0 aliphatic carbocycles. The lowest BCUT2D eigenvalue weighted by Crippen LogP contribution is -2.38. The number of likely N-dealkylation sites (tertiary alicyclic amines) is 1. The number of nitrogens with zero attached hydrogens (tertiary/aromatic N) is 4. The van der Waals surface area contributed by atoms with E-state index in [0.717, 1.165) is 29.5 Å². The number of halogens is 2. The van der Waals surface area contributed by atoms with E-state index in [1.165, 1.54) is 23.5 Å². The van der Waals surface area contributed by atoms with E-state index in [4.69, 9.17) is 0 Å². The smallest absolute Gasteiger partial charge is 0.266 e.